The highest BCUT2D eigenvalue weighted by Crippen LogP contribution is 2.18. The van der Waals surface area contributed by atoms with Gasteiger partial charge in [0.2, 0.25) is 5.91 Å². The second kappa shape index (κ2) is 3.76. The van der Waals surface area contributed by atoms with Crippen molar-refractivity contribution in [2.24, 2.45) is 0 Å². The number of rotatable bonds is 4. The van der Waals surface area contributed by atoms with Crippen LogP contribution in [0.4, 0.5) is 0 Å². The third-order valence-corrected chi connectivity index (χ3v) is 2.27. The zero-order chi connectivity index (χ0) is 10.8. The lowest BCUT2D eigenvalue weighted by molar-refractivity contribution is -0.121. The molecular weight excluding hydrogens is 196 g/mol. The number of carbonyl (C=O) groups is 2. The van der Waals surface area contributed by atoms with E-state index in [-0.39, 0.29) is 18.0 Å². The van der Waals surface area contributed by atoms with Crippen LogP contribution in [0.5, 0.6) is 0 Å². The molecule has 2 N–H and O–H groups in total. The number of amides is 1. The molecule has 15 heavy (non-hydrogen) atoms. The number of aromatic nitrogens is 1. The van der Waals surface area contributed by atoms with Gasteiger partial charge in [0.25, 0.3) is 0 Å². The van der Waals surface area contributed by atoms with Crippen molar-refractivity contribution in [1.29, 1.82) is 0 Å². The minimum atomic E-state index is -0.976. The van der Waals surface area contributed by atoms with Gasteiger partial charge in [-0.25, -0.2) is 4.79 Å². The third-order valence-electron chi connectivity index (χ3n) is 2.27. The van der Waals surface area contributed by atoms with Crippen molar-refractivity contribution in [2.45, 2.75) is 25.4 Å². The lowest BCUT2D eigenvalue weighted by atomic mass is 10.4. The Kier molecular flexibility index (Phi) is 2.45. The standard InChI is InChI=1S/C10H12N2O3/c13-9(11-8-1-2-8)6-12-4-3-7(5-12)10(14)15/h3-5,8H,1-2,6H2,(H,11,13)(H,14,15). The highest BCUT2D eigenvalue weighted by Gasteiger charge is 2.23. The summed E-state index contributed by atoms with van der Waals surface area (Å²) in [5.74, 6) is -1.04. The average molecular weight is 208 g/mol. The highest BCUT2D eigenvalue weighted by atomic mass is 16.4. The van der Waals surface area contributed by atoms with E-state index < -0.39 is 5.97 Å². The molecule has 0 saturated heterocycles. The summed E-state index contributed by atoms with van der Waals surface area (Å²) in [6.45, 7) is 0.184. The maximum absolute atomic E-state index is 11.4. The molecule has 1 aromatic rings. The van der Waals surface area contributed by atoms with E-state index >= 15 is 0 Å². The van der Waals surface area contributed by atoms with Gasteiger partial charge in [-0.05, 0) is 18.9 Å². The van der Waals surface area contributed by atoms with Crippen molar-refractivity contribution in [2.75, 3.05) is 0 Å². The van der Waals surface area contributed by atoms with Crippen LogP contribution in [-0.4, -0.2) is 27.6 Å². The molecule has 1 saturated carbocycles. The summed E-state index contributed by atoms with van der Waals surface area (Å²) < 4.78 is 1.57. The summed E-state index contributed by atoms with van der Waals surface area (Å²) in [5, 5.41) is 11.5. The number of carboxylic acid groups (broad SMARTS) is 1. The van der Waals surface area contributed by atoms with E-state index in [1.807, 2.05) is 0 Å². The first-order chi connectivity index (χ1) is 7.15. The summed E-state index contributed by atoms with van der Waals surface area (Å²) in [6, 6.07) is 1.82. The highest BCUT2D eigenvalue weighted by molar-refractivity contribution is 5.87. The molecule has 1 heterocycles. The van der Waals surface area contributed by atoms with E-state index in [2.05, 4.69) is 5.32 Å². The number of hydrogen-bond donors (Lipinski definition) is 2. The van der Waals surface area contributed by atoms with Gasteiger partial charge < -0.3 is 15.0 Å². The molecule has 0 unspecified atom stereocenters. The molecule has 5 nitrogen and oxygen atoms in total. The molecule has 0 spiro atoms. The molecule has 80 valence electrons. The van der Waals surface area contributed by atoms with E-state index in [0.717, 1.165) is 12.8 Å². The molecule has 1 aliphatic rings. The normalized spacial score (nSPS) is 14.9. The van der Waals surface area contributed by atoms with Gasteiger partial charge in [-0.2, -0.15) is 0 Å². The molecular formula is C10H12N2O3. The molecule has 1 aromatic heterocycles. The zero-order valence-electron chi connectivity index (χ0n) is 8.14. The van der Waals surface area contributed by atoms with Gasteiger partial charge >= 0.3 is 5.97 Å². The Morgan fingerprint density at radius 1 is 1.53 bits per heavy atom. The second-order valence-corrected chi connectivity index (χ2v) is 3.72. The van der Waals surface area contributed by atoms with Crippen LogP contribution in [0.15, 0.2) is 18.5 Å². The van der Waals surface area contributed by atoms with Crippen LogP contribution >= 0.6 is 0 Å². The molecule has 1 fully saturated rings. The SMILES string of the molecule is O=C(Cn1ccc(C(=O)O)c1)NC1CC1. The van der Waals surface area contributed by atoms with Crippen molar-refractivity contribution in [3.05, 3.63) is 24.0 Å². The predicted molar refractivity (Wildman–Crippen MR) is 52.6 cm³/mol. The Bertz CT molecular complexity index is 393. The molecule has 5 heteroatoms. The van der Waals surface area contributed by atoms with Crippen LogP contribution < -0.4 is 5.32 Å². The predicted octanol–water partition coefficient (Wildman–Crippen LogP) is 0.465. The monoisotopic (exact) mass is 208 g/mol. The number of aromatic carboxylic acids is 1. The lowest BCUT2D eigenvalue weighted by Gasteiger charge is -2.03. The van der Waals surface area contributed by atoms with Crippen molar-refractivity contribution in [3.63, 3.8) is 0 Å². The Hall–Kier alpha value is -1.78. The summed E-state index contributed by atoms with van der Waals surface area (Å²) in [7, 11) is 0. The Labute approximate surface area is 86.7 Å². The van der Waals surface area contributed by atoms with Gasteiger partial charge in [0.1, 0.15) is 6.54 Å². The van der Waals surface area contributed by atoms with Gasteiger partial charge in [0.15, 0.2) is 0 Å². The van der Waals surface area contributed by atoms with E-state index in [1.54, 1.807) is 10.8 Å². The first-order valence-electron chi connectivity index (χ1n) is 4.83. The molecule has 0 atom stereocenters. The van der Waals surface area contributed by atoms with Crippen LogP contribution in [0.2, 0.25) is 0 Å². The number of nitrogens with one attached hydrogen (secondary N) is 1. The summed E-state index contributed by atoms with van der Waals surface area (Å²) in [4.78, 5) is 21.9. The van der Waals surface area contributed by atoms with Crippen LogP contribution in [-0.2, 0) is 11.3 Å². The van der Waals surface area contributed by atoms with Crippen LogP contribution in [0.3, 0.4) is 0 Å². The molecule has 1 aliphatic carbocycles. The van der Waals surface area contributed by atoms with Crippen molar-refractivity contribution >= 4 is 11.9 Å². The topological polar surface area (TPSA) is 71.3 Å². The van der Waals surface area contributed by atoms with E-state index in [9.17, 15) is 9.59 Å². The van der Waals surface area contributed by atoms with E-state index in [1.165, 1.54) is 12.3 Å². The van der Waals surface area contributed by atoms with Gasteiger partial charge in [0, 0.05) is 18.4 Å². The fourth-order valence-corrected chi connectivity index (χ4v) is 1.33. The molecule has 0 aliphatic heterocycles. The van der Waals surface area contributed by atoms with E-state index in [4.69, 9.17) is 5.11 Å². The first-order valence-corrected chi connectivity index (χ1v) is 4.83. The molecule has 2 rings (SSSR count). The number of hydrogen-bond acceptors (Lipinski definition) is 2. The van der Waals surface area contributed by atoms with Crippen molar-refractivity contribution in [3.8, 4) is 0 Å². The van der Waals surface area contributed by atoms with Crippen LogP contribution in [0, 0.1) is 0 Å². The minimum Gasteiger partial charge on any atom is -0.478 e. The van der Waals surface area contributed by atoms with Crippen LogP contribution in [0.25, 0.3) is 0 Å². The fourth-order valence-electron chi connectivity index (χ4n) is 1.33. The Morgan fingerprint density at radius 2 is 2.27 bits per heavy atom. The summed E-state index contributed by atoms with van der Waals surface area (Å²) in [6.07, 6.45) is 5.15. The molecule has 0 radical (unpaired) electrons. The largest absolute Gasteiger partial charge is 0.478 e. The maximum atomic E-state index is 11.4. The third kappa shape index (κ3) is 2.59. The maximum Gasteiger partial charge on any atom is 0.337 e. The first kappa shape index (κ1) is 9.76. The number of carbonyl (C=O) groups excluding carboxylic acids is 1. The molecule has 1 amide bonds. The number of carboxylic acids is 1. The van der Waals surface area contributed by atoms with Crippen LogP contribution in [0.1, 0.15) is 23.2 Å². The van der Waals surface area contributed by atoms with E-state index in [0.29, 0.717) is 6.04 Å². The van der Waals surface area contributed by atoms with Gasteiger partial charge in [0.05, 0.1) is 5.56 Å². The summed E-state index contributed by atoms with van der Waals surface area (Å²) in [5.41, 5.74) is 0.203. The van der Waals surface area contributed by atoms with Crippen molar-refractivity contribution < 1.29 is 14.7 Å². The summed E-state index contributed by atoms with van der Waals surface area (Å²) >= 11 is 0. The Morgan fingerprint density at radius 3 is 2.80 bits per heavy atom. The lowest BCUT2D eigenvalue weighted by Crippen LogP contribution is -2.28. The minimum absolute atomic E-state index is 0.0648. The number of nitrogens with zero attached hydrogens (tertiary/aromatic N) is 1. The van der Waals surface area contributed by atoms with Gasteiger partial charge in [-0.3, -0.25) is 4.79 Å². The molecule has 0 aromatic carbocycles. The van der Waals surface area contributed by atoms with Gasteiger partial charge in [-0.15, -0.1) is 0 Å². The smallest absolute Gasteiger partial charge is 0.337 e. The van der Waals surface area contributed by atoms with Crippen molar-refractivity contribution in [1.82, 2.24) is 9.88 Å². The molecule has 0 bridgehead atoms. The second-order valence-electron chi connectivity index (χ2n) is 3.72. The average Bonchev–Trinajstić information content (AvgIpc) is 2.82. The van der Waals surface area contributed by atoms with Gasteiger partial charge in [-0.1, -0.05) is 0 Å². The Balaban J connectivity index is 1.91. The zero-order valence-corrected chi connectivity index (χ0v) is 8.14. The fraction of sp³-hybridized carbons (Fsp3) is 0.400. The quantitative estimate of drug-likeness (QED) is 0.755.